The average Bonchev–Trinajstić information content (AvgIpc) is 3.33. The Morgan fingerprint density at radius 3 is 2.85 bits per heavy atom. The van der Waals surface area contributed by atoms with Gasteiger partial charge < -0.3 is 14.1 Å². The fraction of sp³-hybridized carbons (Fsp3) is 0.500. The molecule has 1 spiro atoms. The van der Waals surface area contributed by atoms with E-state index in [4.69, 9.17) is 9.15 Å². The van der Waals surface area contributed by atoms with Gasteiger partial charge in [0, 0.05) is 31.9 Å². The Morgan fingerprint density at radius 2 is 2.15 bits per heavy atom. The van der Waals surface area contributed by atoms with Gasteiger partial charge in [0.05, 0.1) is 24.2 Å². The van der Waals surface area contributed by atoms with E-state index < -0.39 is 0 Å². The smallest absolute Gasteiger partial charge is 0.289 e. The van der Waals surface area contributed by atoms with E-state index in [2.05, 4.69) is 23.0 Å². The number of pyridine rings is 1. The minimum Gasteiger partial charge on any atom is -0.459 e. The molecular formula is C20H25N3O3. The highest BCUT2D eigenvalue weighted by molar-refractivity contribution is 5.91. The lowest BCUT2D eigenvalue weighted by molar-refractivity contribution is -0.0397. The topological polar surface area (TPSA) is 58.8 Å². The molecule has 2 aromatic rings. The van der Waals surface area contributed by atoms with Gasteiger partial charge in [-0.2, -0.15) is 0 Å². The quantitative estimate of drug-likeness (QED) is 0.844. The number of hydrogen-bond donors (Lipinski definition) is 0. The van der Waals surface area contributed by atoms with Crippen LogP contribution in [0.1, 0.15) is 35.5 Å². The molecule has 0 saturated carbocycles. The van der Waals surface area contributed by atoms with E-state index in [0.29, 0.717) is 11.8 Å². The molecule has 2 fully saturated rings. The molecule has 6 nitrogen and oxygen atoms in total. The maximum absolute atomic E-state index is 12.4. The van der Waals surface area contributed by atoms with Crippen molar-refractivity contribution in [1.82, 2.24) is 14.8 Å². The number of likely N-dealkylation sites (tertiary alicyclic amines) is 1. The first kappa shape index (κ1) is 17.2. The van der Waals surface area contributed by atoms with Gasteiger partial charge in [0.15, 0.2) is 5.76 Å². The molecule has 1 amide bonds. The van der Waals surface area contributed by atoms with E-state index in [-0.39, 0.29) is 11.5 Å². The largest absolute Gasteiger partial charge is 0.459 e. The van der Waals surface area contributed by atoms with Gasteiger partial charge in [-0.25, -0.2) is 0 Å². The second kappa shape index (κ2) is 7.21. The highest BCUT2D eigenvalue weighted by atomic mass is 16.5. The highest BCUT2D eigenvalue weighted by Gasteiger charge is 2.44. The molecular weight excluding hydrogens is 330 g/mol. The molecule has 0 aliphatic carbocycles. The molecule has 2 aliphatic heterocycles. The fourth-order valence-electron chi connectivity index (χ4n) is 4.00. The van der Waals surface area contributed by atoms with Crippen LogP contribution in [0, 0.1) is 0 Å². The Hall–Kier alpha value is -2.18. The van der Waals surface area contributed by atoms with Crippen molar-refractivity contribution in [1.29, 1.82) is 0 Å². The molecule has 0 radical (unpaired) electrons. The van der Waals surface area contributed by atoms with Crippen molar-refractivity contribution in [3.63, 3.8) is 0 Å². The lowest BCUT2D eigenvalue weighted by atomic mass is 9.87. The van der Waals surface area contributed by atoms with Crippen LogP contribution < -0.4 is 0 Å². The van der Waals surface area contributed by atoms with Gasteiger partial charge in [0.25, 0.3) is 5.91 Å². The number of amides is 1. The second-order valence-corrected chi connectivity index (χ2v) is 7.36. The second-order valence-electron chi connectivity index (χ2n) is 7.36. The van der Waals surface area contributed by atoms with Crippen molar-refractivity contribution in [2.45, 2.75) is 37.5 Å². The lowest BCUT2D eigenvalue weighted by Gasteiger charge is -2.38. The predicted octanol–water partition coefficient (Wildman–Crippen LogP) is 2.57. The van der Waals surface area contributed by atoms with Gasteiger partial charge in [-0.3, -0.25) is 14.7 Å². The number of furan rings is 1. The van der Waals surface area contributed by atoms with E-state index in [1.807, 2.05) is 23.2 Å². The maximum atomic E-state index is 12.4. The lowest BCUT2D eigenvalue weighted by Crippen LogP contribution is -2.47. The minimum atomic E-state index is -0.0943. The van der Waals surface area contributed by atoms with E-state index >= 15 is 0 Å². The summed E-state index contributed by atoms with van der Waals surface area (Å²) >= 11 is 0. The Bertz CT molecular complexity index is 724. The van der Waals surface area contributed by atoms with Crippen molar-refractivity contribution in [2.24, 2.45) is 0 Å². The summed E-state index contributed by atoms with van der Waals surface area (Å²) < 4.78 is 11.5. The third-order valence-electron chi connectivity index (χ3n) is 5.64. The number of hydrogen-bond acceptors (Lipinski definition) is 5. The highest BCUT2D eigenvalue weighted by Crippen LogP contribution is 2.38. The summed E-state index contributed by atoms with van der Waals surface area (Å²) in [4.78, 5) is 21.0. The van der Waals surface area contributed by atoms with Gasteiger partial charge in [-0.15, -0.1) is 0 Å². The molecule has 2 aliphatic rings. The summed E-state index contributed by atoms with van der Waals surface area (Å²) in [6.45, 7) is 3.01. The van der Waals surface area contributed by atoms with Crippen LogP contribution in [0.25, 0.3) is 0 Å². The van der Waals surface area contributed by atoms with Crippen LogP contribution in [0.15, 0.2) is 47.2 Å². The first-order chi connectivity index (χ1) is 12.7. The third-order valence-corrected chi connectivity index (χ3v) is 5.64. The summed E-state index contributed by atoms with van der Waals surface area (Å²) in [7, 11) is 2.14. The molecule has 0 unspecified atom stereocenters. The van der Waals surface area contributed by atoms with Gasteiger partial charge >= 0.3 is 0 Å². The van der Waals surface area contributed by atoms with Crippen LogP contribution >= 0.6 is 0 Å². The number of carbonyl (C=O) groups is 1. The molecule has 0 aromatic carbocycles. The van der Waals surface area contributed by atoms with Crippen molar-refractivity contribution in [3.8, 4) is 0 Å². The van der Waals surface area contributed by atoms with Crippen LogP contribution in [-0.4, -0.2) is 59.1 Å². The first-order valence-corrected chi connectivity index (χ1v) is 9.22. The van der Waals surface area contributed by atoms with Gasteiger partial charge in [0.1, 0.15) is 0 Å². The van der Waals surface area contributed by atoms with E-state index in [0.717, 1.165) is 51.2 Å². The molecule has 2 saturated heterocycles. The molecule has 0 N–H and O–H groups in total. The fourth-order valence-corrected chi connectivity index (χ4v) is 4.00. The monoisotopic (exact) mass is 355 g/mol. The molecule has 1 atom stereocenters. The van der Waals surface area contributed by atoms with E-state index in [9.17, 15) is 4.79 Å². The van der Waals surface area contributed by atoms with Crippen LogP contribution in [0.2, 0.25) is 0 Å². The molecule has 4 rings (SSSR count). The van der Waals surface area contributed by atoms with Crippen LogP contribution in [-0.2, 0) is 11.3 Å². The van der Waals surface area contributed by atoms with Crippen LogP contribution in [0.3, 0.4) is 0 Å². The van der Waals surface area contributed by atoms with Crippen LogP contribution in [0.4, 0.5) is 0 Å². The SMILES string of the molecule is CN(Cc1ccccn1)[C@H]1COC2(CCN(C(=O)c3ccco3)CC2)C1. The number of likely N-dealkylation sites (N-methyl/N-ethyl adjacent to an activating group) is 1. The molecule has 4 heterocycles. The van der Waals surface area contributed by atoms with Gasteiger partial charge in [-0.05, 0) is 50.6 Å². The molecule has 6 heteroatoms. The van der Waals surface area contributed by atoms with Crippen molar-refractivity contribution in [2.75, 3.05) is 26.7 Å². The zero-order chi connectivity index (χ0) is 18.0. The third kappa shape index (κ3) is 3.52. The molecule has 138 valence electrons. The molecule has 2 aromatic heterocycles. The molecule has 26 heavy (non-hydrogen) atoms. The van der Waals surface area contributed by atoms with Crippen LogP contribution in [0.5, 0.6) is 0 Å². The number of piperidine rings is 1. The number of rotatable bonds is 4. The number of nitrogens with zero attached hydrogens (tertiary/aromatic N) is 3. The summed E-state index contributed by atoms with van der Waals surface area (Å²) in [5.41, 5.74) is 0.984. The maximum Gasteiger partial charge on any atom is 0.289 e. The predicted molar refractivity (Wildman–Crippen MR) is 96.6 cm³/mol. The number of aromatic nitrogens is 1. The summed E-state index contributed by atoms with van der Waals surface area (Å²) in [5, 5.41) is 0. The van der Waals surface area contributed by atoms with E-state index in [1.54, 1.807) is 18.4 Å². The Kier molecular flexibility index (Phi) is 4.78. The van der Waals surface area contributed by atoms with Crippen molar-refractivity contribution < 1.29 is 13.9 Å². The Morgan fingerprint density at radius 1 is 1.31 bits per heavy atom. The van der Waals surface area contributed by atoms with Crippen molar-refractivity contribution >= 4 is 5.91 Å². The summed E-state index contributed by atoms with van der Waals surface area (Å²) in [6, 6.07) is 9.89. The minimum absolute atomic E-state index is 0.0216. The zero-order valence-corrected chi connectivity index (χ0v) is 15.1. The normalized spacial score (nSPS) is 22.2. The summed E-state index contributed by atoms with van der Waals surface area (Å²) in [6.07, 6.45) is 6.15. The zero-order valence-electron chi connectivity index (χ0n) is 15.1. The summed E-state index contributed by atoms with van der Waals surface area (Å²) in [5.74, 6) is 0.396. The number of carbonyl (C=O) groups excluding carboxylic acids is 1. The Labute approximate surface area is 153 Å². The Balaban J connectivity index is 1.32. The van der Waals surface area contributed by atoms with Gasteiger partial charge in [-0.1, -0.05) is 6.07 Å². The standard InChI is InChI=1S/C20H25N3O3/c1-22(14-16-5-2-3-9-21-16)17-13-20(26-15-17)7-10-23(11-8-20)19(24)18-6-4-12-25-18/h2-6,9,12,17H,7-8,10-11,13-15H2,1H3/t17-/m1/s1. The van der Waals surface area contributed by atoms with Gasteiger partial charge in [0.2, 0.25) is 0 Å². The number of ether oxygens (including phenoxy) is 1. The first-order valence-electron chi connectivity index (χ1n) is 9.22. The average molecular weight is 355 g/mol. The molecule has 0 bridgehead atoms. The van der Waals surface area contributed by atoms with E-state index in [1.165, 1.54) is 0 Å². The van der Waals surface area contributed by atoms with Crippen molar-refractivity contribution in [3.05, 3.63) is 54.2 Å².